The van der Waals surface area contributed by atoms with Gasteiger partial charge >= 0.3 is 0 Å². The molecule has 0 aromatic heterocycles. The maximum absolute atomic E-state index is 2.57. The molecule has 4 aliphatic rings. The Morgan fingerprint density at radius 2 is 1.43 bits per heavy atom. The fraction of sp³-hybridized carbons (Fsp3) is 1.00. The first kappa shape index (κ1) is 23.2. The fourth-order valence-electron chi connectivity index (χ4n) is 8.85. The van der Waals surface area contributed by atoms with Crippen LogP contribution in [0, 0.1) is 53.3 Å². The van der Waals surface area contributed by atoms with E-state index in [9.17, 15) is 0 Å². The van der Waals surface area contributed by atoms with E-state index in [0.29, 0.717) is 0 Å². The second kappa shape index (κ2) is 11.2. The normalized spacial score (nSPS) is 39.7. The van der Waals surface area contributed by atoms with Crippen molar-refractivity contribution in [1.29, 1.82) is 0 Å². The van der Waals surface area contributed by atoms with Crippen LogP contribution in [0.4, 0.5) is 0 Å². The Bertz CT molecular complexity index is 480. The summed E-state index contributed by atoms with van der Waals surface area (Å²) in [5.41, 5.74) is 0. The van der Waals surface area contributed by atoms with E-state index in [1.54, 1.807) is 57.8 Å². The van der Waals surface area contributed by atoms with Crippen molar-refractivity contribution in [2.24, 2.45) is 53.3 Å². The number of rotatable bonds is 9. The van der Waals surface area contributed by atoms with Gasteiger partial charge in [-0.2, -0.15) is 0 Å². The molecule has 0 saturated heterocycles. The highest BCUT2D eigenvalue weighted by atomic mass is 14.5. The van der Waals surface area contributed by atoms with Crippen molar-refractivity contribution in [3.63, 3.8) is 0 Å². The molecule has 0 aromatic rings. The number of hydrogen-bond donors (Lipinski definition) is 0. The largest absolute Gasteiger partial charge is 0.0651 e. The third kappa shape index (κ3) is 6.07. The molecule has 6 atom stereocenters. The van der Waals surface area contributed by atoms with Crippen molar-refractivity contribution in [2.45, 2.75) is 136 Å². The summed E-state index contributed by atoms with van der Waals surface area (Å²) in [6.07, 6.45) is 27.8. The van der Waals surface area contributed by atoms with Gasteiger partial charge in [-0.25, -0.2) is 0 Å². The summed E-state index contributed by atoms with van der Waals surface area (Å²) < 4.78 is 0. The Balaban J connectivity index is 1.25. The summed E-state index contributed by atoms with van der Waals surface area (Å²) >= 11 is 0. The molecule has 4 saturated carbocycles. The Hall–Kier alpha value is 0. The van der Waals surface area contributed by atoms with Crippen LogP contribution >= 0.6 is 0 Å². The minimum Gasteiger partial charge on any atom is -0.0651 e. The standard InChI is InChI=1S/C30H54/c1-4-27(15-11-23(3)19-24-7-5-6-8-24)29-18-17-28-16-14-26(21-30(28)29)20-25-12-9-22(2)10-13-25/h22-30H,4-21H2,1-3H3. The molecule has 0 heterocycles. The van der Waals surface area contributed by atoms with Crippen LogP contribution in [0.3, 0.4) is 0 Å². The fourth-order valence-corrected chi connectivity index (χ4v) is 8.85. The monoisotopic (exact) mass is 414 g/mol. The van der Waals surface area contributed by atoms with Gasteiger partial charge in [0.1, 0.15) is 0 Å². The third-order valence-electron chi connectivity index (χ3n) is 10.8. The van der Waals surface area contributed by atoms with Crippen LogP contribution in [-0.4, -0.2) is 0 Å². The van der Waals surface area contributed by atoms with E-state index in [0.717, 1.165) is 53.3 Å². The van der Waals surface area contributed by atoms with Gasteiger partial charge in [0.25, 0.3) is 0 Å². The molecule has 30 heavy (non-hydrogen) atoms. The molecule has 0 N–H and O–H groups in total. The molecule has 6 unspecified atom stereocenters. The Labute approximate surface area is 189 Å². The van der Waals surface area contributed by atoms with Crippen molar-refractivity contribution < 1.29 is 0 Å². The van der Waals surface area contributed by atoms with E-state index in [4.69, 9.17) is 0 Å². The van der Waals surface area contributed by atoms with Crippen LogP contribution < -0.4 is 0 Å². The van der Waals surface area contributed by atoms with Crippen LogP contribution in [0.25, 0.3) is 0 Å². The lowest BCUT2D eigenvalue weighted by molar-refractivity contribution is 0.110. The maximum Gasteiger partial charge on any atom is -0.0352 e. The summed E-state index contributed by atoms with van der Waals surface area (Å²) in [5, 5.41) is 0. The summed E-state index contributed by atoms with van der Waals surface area (Å²) in [4.78, 5) is 0. The SMILES string of the molecule is CCC(CCC(C)CC1CCCC1)C1CCC2CCC(CC3CCC(C)CC3)CC21. The predicted molar refractivity (Wildman–Crippen MR) is 132 cm³/mol. The topological polar surface area (TPSA) is 0 Å². The molecule has 0 spiro atoms. The molecule has 0 radical (unpaired) electrons. The summed E-state index contributed by atoms with van der Waals surface area (Å²) in [5.74, 6) is 9.60. The van der Waals surface area contributed by atoms with Crippen molar-refractivity contribution in [2.75, 3.05) is 0 Å². The van der Waals surface area contributed by atoms with Gasteiger partial charge in [0.15, 0.2) is 0 Å². The quantitative estimate of drug-likeness (QED) is 0.352. The second-order valence-electron chi connectivity index (χ2n) is 12.9. The lowest BCUT2D eigenvalue weighted by Gasteiger charge is -2.39. The lowest BCUT2D eigenvalue weighted by Crippen LogP contribution is -2.30. The number of fused-ring (bicyclic) bond motifs is 1. The molecular weight excluding hydrogens is 360 g/mol. The van der Waals surface area contributed by atoms with Crippen LogP contribution in [0.1, 0.15) is 136 Å². The summed E-state index contributed by atoms with van der Waals surface area (Å²) in [6, 6.07) is 0. The summed E-state index contributed by atoms with van der Waals surface area (Å²) in [7, 11) is 0. The van der Waals surface area contributed by atoms with Crippen LogP contribution in [-0.2, 0) is 0 Å². The van der Waals surface area contributed by atoms with Gasteiger partial charge in [0.2, 0.25) is 0 Å². The minimum absolute atomic E-state index is 0.979. The average molecular weight is 415 g/mol. The maximum atomic E-state index is 2.57. The molecule has 4 aliphatic carbocycles. The Kier molecular flexibility index (Phi) is 8.67. The van der Waals surface area contributed by atoms with Gasteiger partial charge in [-0.15, -0.1) is 0 Å². The first-order valence-corrected chi connectivity index (χ1v) is 14.6. The zero-order valence-corrected chi connectivity index (χ0v) is 20.9. The number of hydrogen-bond acceptors (Lipinski definition) is 0. The zero-order valence-electron chi connectivity index (χ0n) is 20.9. The van der Waals surface area contributed by atoms with Gasteiger partial charge < -0.3 is 0 Å². The Morgan fingerprint density at radius 3 is 2.17 bits per heavy atom. The van der Waals surface area contributed by atoms with Gasteiger partial charge in [0.05, 0.1) is 0 Å². The predicted octanol–water partition coefficient (Wildman–Crippen LogP) is 9.67. The molecule has 0 heteroatoms. The lowest BCUT2D eigenvalue weighted by atomic mass is 9.66. The smallest absolute Gasteiger partial charge is 0.0352 e. The van der Waals surface area contributed by atoms with E-state index in [1.165, 1.54) is 57.8 Å². The van der Waals surface area contributed by atoms with E-state index < -0.39 is 0 Å². The van der Waals surface area contributed by atoms with E-state index in [1.807, 2.05) is 0 Å². The van der Waals surface area contributed by atoms with Crippen molar-refractivity contribution in [3.05, 3.63) is 0 Å². The molecule has 0 nitrogen and oxygen atoms in total. The van der Waals surface area contributed by atoms with Crippen molar-refractivity contribution >= 4 is 0 Å². The van der Waals surface area contributed by atoms with Crippen molar-refractivity contribution in [1.82, 2.24) is 0 Å². The molecule has 0 aromatic carbocycles. The highest BCUT2D eigenvalue weighted by Crippen LogP contribution is 2.53. The third-order valence-corrected chi connectivity index (χ3v) is 10.8. The average Bonchev–Trinajstić information content (AvgIpc) is 3.40. The first-order chi connectivity index (χ1) is 14.6. The van der Waals surface area contributed by atoms with Crippen LogP contribution in [0.2, 0.25) is 0 Å². The van der Waals surface area contributed by atoms with Gasteiger partial charge in [-0.1, -0.05) is 91.4 Å². The molecule has 174 valence electrons. The van der Waals surface area contributed by atoms with E-state index >= 15 is 0 Å². The highest BCUT2D eigenvalue weighted by Gasteiger charge is 2.43. The minimum atomic E-state index is 0.979. The highest BCUT2D eigenvalue weighted by molar-refractivity contribution is 4.93. The zero-order chi connectivity index (χ0) is 20.9. The van der Waals surface area contributed by atoms with Crippen molar-refractivity contribution in [3.8, 4) is 0 Å². The molecule has 4 rings (SSSR count). The van der Waals surface area contributed by atoms with Gasteiger partial charge in [-0.3, -0.25) is 0 Å². The molecule has 4 fully saturated rings. The van der Waals surface area contributed by atoms with Gasteiger partial charge in [-0.05, 0) is 98.2 Å². The second-order valence-corrected chi connectivity index (χ2v) is 12.9. The van der Waals surface area contributed by atoms with Crippen LogP contribution in [0.15, 0.2) is 0 Å². The first-order valence-electron chi connectivity index (χ1n) is 14.6. The van der Waals surface area contributed by atoms with Gasteiger partial charge in [0, 0.05) is 0 Å². The Morgan fingerprint density at radius 1 is 0.733 bits per heavy atom. The van der Waals surface area contributed by atoms with E-state index in [2.05, 4.69) is 20.8 Å². The van der Waals surface area contributed by atoms with E-state index in [-0.39, 0.29) is 0 Å². The van der Waals surface area contributed by atoms with Crippen LogP contribution in [0.5, 0.6) is 0 Å². The molecule has 0 bridgehead atoms. The molecule has 0 amide bonds. The molecule has 0 aliphatic heterocycles. The summed E-state index contributed by atoms with van der Waals surface area (Å²) in [6.45, 7) is 7.57. The molecular formula is C30H54.